The predicted octanol–water partition coefficient (Wildman–Crippen LogP) is 1.87. The zero-order valence-electron chi connectivity index (χ0n) is 10.5. The van der Waals surface area contributed by atoms with Gasteiger partial charge < -0.3 is 4.98 Å². The summed E-state index contributed by atoms with van der Waals surface area (Å²) in [5.41, 5.74) is 2.29. The van der Waals surface area contributed by atoms with E-state index in [-0.39, 0.29) is 5.56 Å². The van der Waals surface area contributed by atoms with Crippen molar-refractivity contribution in [2.45, 2.75) is 13.8 Å². The first-order valence-corrected chi connectivity index (χ1v) is 6.62. The number of hydrogen-bond acceptors (Lipinski definition) is 4. The number of nitrogens with zero attached hydrogens (tertiary/aromatic N) is 2. The number of thiazole rings is 1. The Bertz CT molecular complexity index is 888. The Hall–Kier alpha value is -2.21. The second-order valence-corrected chi connectivity index (χ2v) is 5.33. The van der Waals surface area contributed by atoms with E-state index in [2.05, 4.69) is 9.97 Å². The van der Waals surface area contributed by atoms with Crippen LogP contribution in [0.4, 0.5) is 0 Å². The third-order valence-electron chi connectivity index (χ3n) is 2.95. The maximum atomic E-state index is 11.9. The molecular formula is C13H12N4OS. The van der Waals surface area contributed by atoms with E-state index in [1.54, 1.807) is 11.5 Å². The molecule has 0 amide bonds. The largest absolute Gasteiger partial charge is 0.309 e. The standard InChI is InChI=1S/C13H12N4OS/c1-7-5-3-4-6-9(7)17-11-10(19-13(17)14)12(18)16-8(2)15-11/h3-6,14H,1-2H3,(H,15,16,18). The summed E-state index contributed by atoms with van der Waals surface area (Å²) < 4.78 is 2.20. The number of fused-ring (bicyclic) bond motifs is 1. The van der Waals surface area contributed by atoms with Gasteiger partial charge >= 0.3 is 0 Å². The molecule has 96 valence electrons. The van der Waals surface area contributed by atoms with E-state index in [9.17, 15) is 4.79 Å². The Morgan fingerprint density at radius 2 is 2.05 bits per heavy atom. The molecule has 6 heteroatoms. The molecule has 2 aromatic heterocycles. The van der Waals surface area contributed by atoms with Crippen molar-refractivity contribution in [1.82, 2.24) is 14.5 Å². The molecule has 3 aromatic rings. The van der Waals surface area contributed by atoms with E-state index >= 15 is 0 Å². The van der Waals surface area contributed by atoms with Crippen molar-refractivity contribution in [1.29, 1.82) is 5.41 Å². The number of aromatic amines is 1. The Morgan fingerprint density at radius 3 is 2.79 bits per heavy atom. The topological polar surface area (TPSA) is 74.5 Å². The van der Waals surface area contributed by atoms with Crippen LogP contribution in [-0.4, -0.2) is 14.5 Å². The van der Waals surface area contributed by atoms with Crippen molar-refractivity contribution in [3.05, 3.63) is 50.8 Å². The molecule has 0 bridgehead atoms. The van der Waals surface area contributed by atoms with Crippen LogP contribution in [0.2, 0.25) is 0 Å². The van der Waals surface area contributed by atoms with Crippen molar-refractivity contribution in [2.75, 3.05) is 0 Å². The van der Waals surface area contributed by atoms with Gasteiger partial charge in [0.2, 0.25) is 0 Å². The minimum absolute atomic E-state index is 0.187. The molecule has 2 heterocycles. The van der Waals surface area contributed by atoms with Crippen molar-refractivity contribution < 1.29 is 0 Å². The molecule has 1 aromatic carbocycles. The fourth-order valence-electron chi connectivity index (χ4n) is 2.08. The summed E-state index contributed by atoms with van der Waals surface area (Å²) in [6, 6.07) is 7.77. The number of aryl methyl sites for hydroxylation is 2. The van der Waals surface area contributed by atoms with Crippen LogP contribution in [0.25, 0.3) is 16.0 Å². The number of nitrogens with one attached hydrogen (secondary N) is 2. The molecule has 0 radical (unpaired) electrons. The van der Waals surface area contributed by atoms with Gasteiger partial charge in [-0.3, -0.25) is 14.8 Å². The molecular weight excluding hydrogens is 260 g/mol. The minimum atomic E-state index is -0.187. The molecule has 2 N–H and O–H groups in total. The summed E-state index contributed by atoms with van der Waals surface area (Å²) in [4.78, 5) is 19.2. The van der Waals surface area contributed by atoms with Gasteiger partial charge in [-0.05, 0) is 25.5 Å². The molecule has 0 aliphatic carbocycles. The molecule has 3 rings (SSSR count). The summed E-state index contributed by atoms with van der Waals surface area (Å²) >= 11 is 1.14. The van der Waals surface area contributed by atoms with Gasteiger partial charge in [0.1, 0.15) is 10.5 Å². The molecule has 5 nitrogen and oxygen atoms in total. The van der Waals surface area contributed by atoms with Gasteiger partial charge in [-0.25, -0.2) is 4.98 Å². The lowest BCUT2D eigenvalue weighted by Crippen LogP contribution is -2.14. The molecule has 0 atom stereocenters. The Balaban J connectivity index is 2.49. The minimum Gasteiger partial charge on any atom is -0.309 e. The van der Waals surface area contributed by atoms with Crippen molar-refractivity contribution in [2.24, 2.45) is 0 Å². The fraction of sp³-hybridized carbons (Fsp3) is 0.154. The fourth-order valence-corrected chi connectivity index (χ4v) is 2.92. The van der Waals surface area contributed by atoms with Crippen LogP contribution in [0, 0.1) is 19.3 Å². The summed E-state index contributed by atoms with van der Waals surface area (Å²) in [7, 11) is 0. The molecule has 0 saturated heterocycles. The smallest absolute Gasteiger partial charge is 0.270 e. The van der Waals surface area contributed by atoms with Crippen molar-refractivity contribution in [3.63, 3.8) is 0 Å². The second kappa shape index (κ2) is 4.17. The number of aromatic nitrogens is 3. The Kier molecular flexibility index (Phi) is 2.60. The van der Waals surface area contributed by atoms with Gasteiger partial charge in [-0.1, -0.05) is 29.5 Å². The molecule has 0 saturated carbocycles. The zero-order chi connectivity index (χ0) is 13.6. The zero-order valence-corrected chi connectivity index (χ0v) is 11.3. The maximum absolute atomic E-state index is 11.9. The first-order valence-electron chi connectivity index (χ1n) is 5.81. The maximum Gasteiger partial charge on any atom is 0.270 e. The molecule has 0 aliphatic heterocycles. The molecule has 0 fully saturated rings. The van der Waals surface area contributed by atoms with Crippen LogP contribution >= 0.6 is 11.3 Å². The van der Waals surface area contributed by atoms with Crippen LogP contribution < -0.4 is 10.4 Å². The van der Waals surface area contributed by atoms with Gasteiger partial charge in [0.25, 0.3) is 5.56 Å². The van der Waals surface area contributed by atoms with E-state index in [0.717, 1.165) is 22.6 Å². The van der Waals surface area contributed by atoms with Crippen LogP contribution in [-0.2, 0) is 0 Å². The van der Waals surface area contributed by atoms with Gasteiger partial charge in [0, 0.05) is 0 Å². The highest BCUT2D eigenvalue weighted by Gasteiger charge is 2.13. The summed E-state index contributed by atoms with van der Waals surface area (Å²) in [6.45, 7) is 3.72. The van der Waals surface area contributed by atoms with Gasteiger partial charge in [0.15, 0.2) is 10.4 Å². The third-order valence-corrected chi connectivity index (χ3v) is 3.90. The number of benzene rings is 1. The van der Waals surface area contributed by atoms with Gasteiger partial charge in [-0.2, -0.15) is 0 Å². The Morgan fingerprint density at radius 1 is 1.32 bits per heavy atom. The lowest BCUT2D eigenvalue weighted by molar-refractivity contribution is 0.958. The van der Waals surface area contributed by atoms with E-state index in [1.807, 2.05) is 31.2 Å². The summed E-state index contributed by atoms with van der Waals surface area (Å²) in [5, 5.41) is 8.09. The van der Waals surface area contributed by atoms with E-state index in [0.29, 0.717) is 21.0 Å². The van der Waals surface area contributed by atoms with Gasteiger partial charge in [-0.15, -0.1) is 0 Å². The molecule has 19 heavy (non-hydrogen) atoms. The number of para-hydroxylation sites is 1. The number of rotatable bonds is 1. The summed E-state index contributed by atoms with van der Waals surface area (Å²) in [5.74, 6) is 0.553. The average Bonchev–Trinajstić information content (AvgIpc) is 2.67. The number of hydrogen-bond donors (Lipinski definition) is 2. The normalized spacial score (nSPS) is 11.1. The first-order chi connectivity index (χ1) is 9.08. The SMILES string of the molecule is Cc1nc2c(sc(=N)n2-c2ccccc2C)c(=O)[nH]1. The number of H-pyrrole nitrogens is 1. The molecule has 0 unspecified atom stereocenters. The summed E-state index contributed by atoms with van der Waals surface area (Å²) in [6.07, 6.45) is 0. The van der Waals surface area contributed by atoms with E-state index < -0.39 is 0 Å². The highest BCUT2D eigenvalue weighted by atomic mass is 32.1. The monoisotopic (exact) mass is 272 g/mol. The lowest BCUT2D eigenvalue weighted by Gasteiger charge is -2.07. The quantitative estimate of drug-likeness (QED) is 0.709. The van der Waals surface area contributed by atoms with Crippen LogP contribution in [0.3, 0.4) is 0 Å². The molecule has 0 aliphatic rings. The van der Waals surface area contributed by atoms with Gasteiger partial charge in [0.05, 0.1) is 5.69 Å². The van der Waals surface area contributed by atoms with Crippen molar-refractivity contribution in [3.8, 4) is 5.69 Å². The molecule has 0 spiro atoms. The first kappa shape index (κ1) is 11.9. The average molecular weight is 272 g/mol. The lowest BCUT2D eigenvalue weighted by atomic mass is 10.2. The van der Waals surface area contributed by atoms with Crippen LogP contribution in [0.5, 0.6) is 0 Å². The van der Waals surface area contributed by atoms with Crippen molar-refractivity contribution >= 4 is 21.7 Å². The van der Waals surface area contributed by atoms with E-state index in [1.165, 1.54) is 0 Å². The highest BCUT2D eigenvalue weighted by Crippen LogP contribution is 2.18. The predicted molar refractivity (Wildman–Crippen MR) is 74.9 cm³/mol. The van der Waals surface area contributed by atoms with Crippen LogP contribution in [0.1, 0.15) is 11.4 Å². The Labute approximate surface area is 112 Å². The second-order valence-electron chi connectivity index (χ2n) is 4.33. The highest BCUT2D eigenvalue weighted by molar-refractivity contribution is 7.16. The van der Waals surface area contributed by atoms with Crippen LogP contribution in [0.15, 0.2) is 29.1 Å². The van der Waals surface area contributed by atoms with E-state index in [4.69, 9.17) is 5.41 Å². The third kappa shape index (κ3) is 1.80.